The number of ketones is 1. The Balaban J connectivity index is 2.56. The van der Waals surface area contributed by atoms with Crippen LogP contribution in [0.5, 0.6) is 0 Å². The van der Waals surface area contributed by atoms with Gasteiger partial charge in [-0.05, 0) is 39.7 Å². The normalized spacial score (nSPS) is 12.9. The van der Waals surface area contributed by atoms with Crippen LogP contribution >= 0.6 is 11.6 Å². The van der Waals surface area contributed by atoms with Gasteiger partial charge in [-0.1, -0.05) is 30.7 Å². The van der Waals surface area contributed by atoms with Gasteiger partial charge in [0.2, 0.25) is 0 Å². The van der Waals surface area contributed by atoms with Crippen LogP contribution in [0.4, 0.5) is 0 Å². The molecule has 0 saturated carbocycles. The standard InChI is InChI=1S/C16H25ClN2O/c1-5-19(13(2)12-18(3)4)11-10-16(20)14-8-6-7-9-15(14)17/h6-9,13H,5,10-12H2,1-4H3. The number of hydrogen-bond acceptors (Lipinski definition) is 3. The van der Waals surface area contributed by atoms with Crippen molar-refractivity contribution in [2.24, 2.45) is 0 Å². The lowest BCUT2D eigenvalue weighted by Gasteiger charge is -2.29. The highest BCUT2D eigenvalue weighted by atomic mass is 35.5. The van der Waals surface area contributed by atoms with Crippen LogP contribution in [-0.2, 0) is 0 Å². The molecule has 0 spiro atoms. The summed E-state index contributed by atoms with van der Waals surface area (Å²) in [6, 6.07) is 7.70. The minimum atomic E-state index is 0.117. The number of likely N-dealkylation sites (N-methyl/N-ethyl adjacent to an activating group) is 2. The molecule has 20 heavy (non-hydrogen) atoms. The fourth-order valence-corrected chi connectivity index (χ4v) is 2.64. The highest BCUT2D eigenvalue weighted by Crippen LogP contribution is 2.17. The molecule has 1 aromatic rings. The molecule has 0 radical (unpaired) electrons. The van der Waals surface area contributed by atoms with Gasteiger partial charge in [0.25, 0.3) is 0 Å². The number of halogens is 1. The zero-order valence-corrected chi connectivity index (χ0v) is 13.7. The summed E-state index contributed by atoms with van der Waals surface area (Å²) in [5, 5.41) is 0.543. The average Bonchev–Trinajstić information content (AvgIpc) is 2.38. The van der Waals surface area contributed by atoms with Crippen LogP contribution in [0.25, 0.3) is 0 Å². The predicted molar refractivity (Wildman–Crippen MR) is 85.7 cm³/mol. The molecular weight excluding hydrogens is 272 g/mol. The Hall–Kier alpha value is -0.900. The van der Waals surface area contributed by atoms with Crippen LogP contribution in [-0.4, -0.2) is 55.4 Å². The molecule has 1 atom stereocenters. The Morgan fingerprint density at radius 3 is 2.50 bits per heavy atom. The second-order valence-corrected chi connectivity index (χ2v) is 5.80. The third-order valence-corrected chi connectivity index (χ3v) is 3.79. The minimum Gasteiger partial charge on any atom is -0.308 e. The minimum absolute atomic E-state index is 0.117. The van der Waals surface area contributed by atoms with Gasteiger partial charge in [-0.15, -0.1) is 0 Å². The fourth-order valence-electron chi connectivity index (χ4n) is 2.40. The van der Waals surface area contributed by atoms with Gasteiger partial charge in [-0.2, -0.15) is 0 Å². The van der Waals surface area contributed by atoms with E-state index in [0.29, 0.717) is 23.0 Å². The Labute approximate surface area is 127 Å². The monoisotopic (exact) mass is 296 g/mol. The zero-order chi connectivity index (χ0) is 15.1. The van der Waals surface area contributed by atoms with Crippen LogP contribution in [0.2, 0.25) is 5.02 Å². The summed E-state index contributed by atoms with van der Waals surface area (Å²) in [6.45, 7) is 7.05. The number of hydrogen-bond donors (Lipinski definition) is 0. The lowest BCUT2D eigenvalue weighted by molar-refractivity contribution is 0.0949. The van der Waals surface area contributed by atoms with E-state index >= 15 is 0 Å². The van der Waals surface area contributed by atoms with Gasteiger partial charge in [0.05, 0.1) is 5.02 Å². The first-order chi connectivity index (χ1) is 9.45. The van der Waals surface area contributed by atoms with E-state index < -0.39 is 0 Å². The number of benzene rings is 1. The Bertz CT molecular complexity index is 434. The zero-order valence-electron chi connectivity index (χ0n) is 12.9. The van der Waals surface area contributed by atoms with E-state index in [1.165, 1.54) is 0 Å². The quantitative estimate of drug-likeness (QED) is 0.688. The molecule has 1 aromatic carbocycles. The molecule has 0 N–H and O–H groups in total. The number of carbonyl (C=O) groups is 1. The molecule has 4 heteroatoms. The van der Waals surface area contributed by atoms with Crippen molar-refractivity contribution in [1.82, 2.24) is 9.80 Å². The van der Waals surface area contributed by atoms with Crippen molar-refractivity contribution in [3.63, 3.8) is 0 Å². The molecule has 1 unspecified atom stereocenters. The molecule has 0 saturated heterocycles. The van der Waals surface area contributed by atoms with Crippen LogP contribution in [0.3, 0.4) is 0 Å². The van der Waals surface area contributed by atoms with E-state index in [4.69, 9.17) is 11.6 Å². The van der Waals surface area contributed by atoms with Crippen molar-refractivity contribution in [1.29, 1.82) is 0 Å². The highest BCUT2D eigenvalue weighted by molar-refractivity contribution is 6.33. The van der Waals surface area contributed by atoms with Gasteiger partial charge in [-0.3, -0.25) is 9.69 Å². The smallest absolute Gasteiger partial charge is 0.165 e. The summed E-state index contributed by atoms with van der Waals surface area (Å²) >= 11 is 6.06. The van der Waals surface area contributed by atoms with Crippen molar-refractivity contribution in [3.8, 4) is 0 Å². The van der Waals surface area contributed by atoms with Gasteiger partial charge in [0.15, 0.2) is 5.78 Å². The molecule has 0 aliphatic rings. The molecule has 0 heterocycles. The summed E-state index contributed by atoms with van der Waals surface area (Å²) in [7, 11) is 4.14. The number of carbonyl (C=O) groups excluding carboxylic acids is 1. The van der Waals surface area contributed by atoms with Gasteiger partial charge in [0.1, 0.15) is 0 Å². The van der Waals surface area contributed by atoms with Gasteiger partial charge >= 0.3 is 0 Å². The number of Topliss-reactive ketones (excluding diaryl/α,β-unsaturated/α-hetero) is 1. The van der Waals surface area contributed by atoms with E-state index in [-0.39, 0.29) is 5.78 Å². The lowest BCUT2D eigenvalue weighted by atomic mass is 10.1. The summed E-state index contributed by atoms with van der Waals surface area (Å²) in [4.78, 5) is 16.7. The summed E-state index contributed by atoms with van der Waals surface area (Å²) < 4.78 is 0. The average molecular weight is 297 g/mol. The van der Waals surface area contributed by atoms with E-state index in [9.17, 15) is 4.79 Å². The van der Waals surface area contributed by atoms with E-state index in [1.54, 1.807) is 12.1 Å². The molecule has 112 valence electrons. The second-order valence-electron chi connectivity index (χ2n) is 5.39. The maximum Gasteiger partial charge on any atom is 0.165 e. The van der Waals surface area contributed by atoms with Gasteiger partial charge in [0, 0.05) is 31.1 Å². The highest BCUT2D eigenvalue weighted by Gasteiger charge is 2.16. The molecule has 0 amide bonds. The largest absolute Gasteiger partial charge is 0.308 e. The number of rotatable bonds is 8. The van der Waals surface area contributed by atoms with Gasteiger partial charge < -0.3 is 4.90 Å². The molecule has 0 aliphatic heterocycles. The summed E-state index contributed by atoms with van der Waals surface area (Å²) in [6.07, 6.45) is 0.509. The van der Waals surface area contributed by atoms with Crippen LogP contribution in [0.1, 0.15) is 30.6 Å². The topological polar surface area (TPSA) is 23.6 Å². The van der Waals surface area contributed by atoms with E-state index in [2.05, 4.69) is 37.7 Å². The van der Waals surface area contributed by atoms with Crippen molar-refractivity contribution >= 4 is 17.4 Å². The second kappa shape index (κ2) is 8.40. The van der Waals surface area contributed by atoms with Crippen molar-refractivity contribution < 1.29 is 4.79 Å². The fraction of sp³-hybridized carbons (Fsp3) is 0.562. The first kappa shape index (κ1) is 17.2. The molecule has 0 bridgehead atoms. The Kier molecular flexibility index (Phi) is 7.20. The SMILES string of the molecule is CCN(CCC(=O)c1ccccc1Cl)C(C)CN(C)C. The number of nitrogens with zero attached hydrogens (tertiary/aromatic N) is 2. The summed E-state index contributed by atoms with van der Waals surface area (Å²) in [5.41, 5.74) is 0.630. The van der Waals surface area contributed by atoms with Crippen molar-refractivity contribution in [2.45, 2.75) is 26.3 Å². The van der Waals surface area contributed by atoms with Gasteiger partial charge in [-0.25, -0.2) is 0 Å². The van der Waals surface area contributed by atoms with Crippen molar-refractivity contribution in [2.75, 3.05) is 33.7 Å². The Morgan fingerprint density at radius 1 is 1.30 bits per heavy atom. The molecule has 0 aromatic heterocycles. The Morgan fingerprint density at radius 2 is 1.95 bits per heavy atom. The molecule has 1 rings (SSSR count). The molecular formula is C16H25ClN2O. The third-order valence-electron chi connectivity index (χ3n) is 3.46. The van der Waals surface area contributed by atoms with Crippen LogP contribution in [0.15, 0.2) is 24.3 Å². The van der Waals surface area contributed by atoms with Crippen LogP contribution < -0.4 is 0 Å². The maximum absolute atomic E-state index is 12.2. The first-order valence-corrected chi connectivity index (χ1v) is 7.50. The predicted octanol–water partition coefficient (Wildman–Crippen LogP) is 3.18. The third kappa shape index (κ3) is 5.23. The molecule has 3 nitrogen and oxygen atoms in total. The summed E-state index contributed by atoms with van der Waals surface area (Å²) in [5.74, 6) is 0.117. The maximum atomic E-state index is 12.2. The first-order valence-electron chi connectivity index (χ1n) is 7.12. The lowest BCUT2D eigenvalue weighted by Crippen LogP contribution is -2.41. The molecule has 0 fully saturated rings. The van der Waals surface area contributed by atoms with Crippen LogP contribution in [0, 0.1) is 0 Å². The van der Waals surface area contributed by atoms with E-state index in [1.807, 2.05) is 12.1 Å². The van der Waals surface area contributed by atoms with E-state index in [0.717, 1.165) is 19.6 Å². The molecule has 0 aliphatic carbocycles. The van der Waals surface area contributed by atoms with Crippen molar-refractivity contribution in [3.05, 3.63) is 34.9 Å².